The highest BCUT2D eigenvalue weighted by Crippen LogP contribution is 2.41. The quantitative estimate of drug-likeness (QED) is 0.682. The molecule has 14 heavy (non-hydrogen) atoms. The average molecular weight is 190 g/mol. The van der Waals surface area contributed by atoms with E-state index in [2.05, 4.69) is 6.07 Å². The van der Waals surface area contributed by atoms with E-state index in [1.54, 1.807) is 0 Å². The van der Waals surface area contributed by atoms with Gasteiger partial charge in [-0.05, 0) is 43.4 Å². The van der Waals surface area contributed by atoms with E-state index in [9.17, 15) is 4.79 Å². The first-order chi connectivity index (χ1) is 6.85. The van der Waals surface area contributed by atoms with Gasteiger partial charge in [-0.1, -0.05) is 6.07 Å². The van der Waals surface area contributed by atoms with Crippen LogP contribution in [0, 0.1) is 0 Å². The largest absolute Gasteiger partial charge is 0.493 e. The Morgan fingerprint density at radius 3 is 2.86 bits per heavy atom. The number of aldehydes is 1. The fourth-order valence-electron chi connectivity index (χ4n) is 1.62. The summed E-state index contributed by atoms with van der Waals surface area (Å²) in [5.74, 6) is 1.39. The highest BCUT2D eigenvalue weighted by molar-refractivity contribution is 5.79. The van der Waals surface area contributed by atoms with Gasteiger partial charge >= 0.3 is 0 Å². The zero-order chi connectivity index (χ0) is 9.97. The number of hydrogen-bond acceptors (Lipinski definition) is 2. The van der Waals surface area contributed by atoms with Gasteiger partial charge in [-0.15, -0.1) is 0 Å². The molecule has 1 aliphatic carbocycles. The first kappa shape index (κ1) is 9.25. The Hall–Kier alpha value is -1.31. The zero-order valence-electron chi connectivity index (χ0n) is 8.32. The molecule has 0 saturated heterocycles. The SMILES string of the molecule is CCOc1ccc(C2CC2)cc1C=O. The summed E-state index contributed by atoms with van der Waals surface area (Å²) in [6.45, 7) is 2.52. The maximum atomic E-state index is 10.8. The number of benzene rings is 1. The third-order valence-corrected chi connectivity index (χ3v) is 2.51. The van der Waals surface area contributed by atoms with E-state index in [1.807, 2.05) is 19.1 Å². The third-order valence-electron chi connectivity index (χ3n) is 2.51. The molecule has 0 aromatic heterocycles. The second-order valence-corrected chi connectivity index (χ2v) is 3.62. The minimum Gasteiger partial charge on any atom is -0.493 e. The molecule has 0 bridgehead atoms. The molecule has 0 heterocycles. The number of hydrogen-bond donors (Lipinski definition) is 0. The van der Waals surface area contributed by atoms with Crippen LogP contribution in [0.15, 0.2) is 18.2 Å². The molecule has 0 spiro atoms. The lowest BCUT2D eigenvalue weighted by atomic mass is 10.1. The minimum absolute atomic E-state index is 0.601. The number of rotatable bonds is 4. The monoisotopic (exact) mass is 190 g/mol. The molecule has 0 amide bonds. The molecule has 1 aromatic carbocycles. The van der Waals surface area contributed by atoms with Gasteiger partial charge in [0, 0.05) is 0 Å². The van der Waals surface area contributed by atoms with E-state index in [0.29, 0.717) is 23.8 Å². The molecule has 2 heteroatoms. The molecule has 0 atom stereocenters. The van der Waals surface area contributed by atoms with Crippen molar-refractivity contribution in [1.29, 1.82) is 0 Å². The first-order valence-electron chi connectivity index (χ1n) is 5.07. The smallest absolute Gasteiger partial charge is 0.153 e. The van der Waals surface area contributed by atoms with Gasteiger partial charge in [-0.25, -0.2) is 0 Å². The lowest BCUT2D eigenvalue weighted by Crippen LogP contribution is -1.96. The van der Waals surface area contributed by atoms with Crippen molar-refractivity contribution in [1.82, 2.24) is 0 Å². The van der Waals surface area contributed by atoms with E-state index in [1.165, 1.54) is 18.4 Å². The summed E-state index contributed by atoms with van der Waals surface area (Å²) < 4.78 is 5.35. The van der Waals surface area contributed by atoms with Crippen LogP contribution in [-0.4, -0.2) is 12.9 Å². The van der Waals surface area contributed by atoms with Crippen molar-refractivity contribution in [3.05, 3.63) is 29.3 Å². The van der Waals surface area contributed by atoms with E-state index in [-0.39, 0.29) is 0 Å². The Kier molecular flexibility index (Phi) is 2.53. The Morgan fingerprint density at radius 1 is 1.50 bits per heavy atom. The van der Waals surface area contributed by atoms with Gasteiger partial charge in [-0.2, -0.15) is 0 Å². The zero-order valence-corrected chi connectivity index (χ0v) is 8.32. The van der Waals surface area contributed by atoms with E-state index < -0.39 is 0 Å². The summed E-state index contributed by atoms with van der Waals surface area (Å²) in [4.78, 5) is 10.8. The topological polar surface area (TPSA) is 26.3 Å². The van der Waals surface area contributed by atoms with Crippen molar-refractivity contribution in [3.63, 3.8) is 0 Å². The van der Waals surface area contributed by atoms with Crippen molar-refractivity contribution < 1.29 is 9.53 Å². The molecule has 74 valence electrons. The highest BCUT2D eigenvalue weighted by atomic mass is 16.5. The molecule has 1 saturated carbocycles. The molecule has 1 aliphatic rings. The second kappa shape index (κ2) is 3.82. The Bertz CT molecular complexity index is 340. The minimum atomic E-state index is 0.601. The van der Waals surface area contributed by atoms with Gasteiger partial charge in [0.15, 0.2) is 6.29 Å². The normalized spacial score (nSPS) is 15.2. The van der Waals surface area contributed by atoms with Crippen molar-refractivity contribution in [2.75, 3.05) is 6.61 Å². The van der Waals surface area contributed by atoms with Crippen molar-refractivity contribution in [2.45, 2.75) is 25.7 Å². The number of carbonyl (C=O) groups excluding carboxylic acids is 1. The Morgan fingerprint density at radius 2 is 2.29 bits per heavy atom. The Labute approximate surface area is 83.9 Å². The summed E-state index contributed by atoms with van der Waals surface area (Å²) in [6, 6.07) is 5.92. The molecule has 0 radical (unpaired) electrons. The van der Waals surface area contributed by atoms with E-state index in [4.69, 9.17) is 4.74 Å². The molecule has 0 unspecified atom stereocenters. The van der Waals surface area contributed by atoms with Crippen LogP contribution in [-0.2, 0) is 0 Å². The van der Waals surface area contributed by atoms with Crippen LogP contribution >= 0.6 is 0 Å². The van der Waals surface area contributed by atoms with Crippen LogP contribution < -0.4 is 4.74 Å². The molecule has 0 N–H and O–H groups in total. The summed E-state index contributed by atoms with van der Waals surface area (Å²) in [7, 11) is 0. The maximum absolute atomic E-state index is 10.8. The molecule has 2 nitrogen and oxygen atoms in total. The molecular weight excluding hydrogens is 176 g/mol. The van der Waals surface area contributed by atoms with Crippen molar-refractivity contribution >= 4 is 6.29 Å². The summed E-state index contributed by atoms with van der Waals surface area (Å²) >= 11 is 0. The molecule has 2 rings (SSSR count). The molecule has 0 aliphatic heterocycles. The summed E-state index contributed by atoms with van der Waals surface area (Å²) in [6.07, 6.45) is 3.38. The fraction of sp³-hybridized carbons (Fsp3) is 0.417. The van der Waals surface area contributed by atoms with Crippen LogP contribution in [0.3, 0.4) is 0 Å². The number of ether oxygens (including phenoxy) is 1. The Balaban J connectivity index is 2.28. The summed E-state index contributed by atoms with van der Waals surface area (Å²) in [5.41, 5.74) is 1.95. The highest BCUT2D eigenvalue weighted by Gasteiger charge is 2.24. The lowest BCUT2D eigenvalue weighted by molar-refractivity contribution is 0.112. The molecular formula is C12H14O2. The molecule has 1 fully saturated rings. The third kappa shape index (κ3) is 1.79. The van der Waals surface area contributed by atoms with Crippen LogP contribution in [0.2, 0.25) is 0 Å². The van der Waals surface area contributed by atoms with Crippen LogP contribution in [0.4, 0.5) is 0 Å². The van der Waals surface area contributed by atoms with Gasteiger partial charge < -0.3 is 4.74 Å². The van der Waals surface area contributed by atoms with Crippen LogP contribution in [0.25, 0.3) is 0 Å². The predicted molar refractivity (Wildman–Crippen MR) is 55.0 cm³/mol. The molecule has 1 aromatic rings. The van der Waals surface area contributed by atoms with Crippen molar-refractivity contribution in [2.24, 2.45) is 0 Å². The average Bonchev–Trinajstić information content (AvgIpc) is 3.02. The van der Waals surface area contributed by atoms with Gasteiger partial charge in [-0.3, -0.25) is 4.79 Å². The lowest BCUT2D eigenvalue weighted by Gasteiger charge is -2.07. The summed E-state index contributed by atoms with van der Waals surface area (Å²) in [5, 5.41) is 0. The standard InChI is InChI=1S/C12H14O2/c1-2-14-12-6-5-10(9-3-4-9)7-11(12)8-13/h5-9H,2-4H2,1H3. The van der Waals surface area contributed by atoms with E-state index >= 15 is 0 Å². The van der Waals surface area contributed by atoms with Crippen LogP contribution in [0.1, 0.15) is 41.6 Å². The fourth-order valence-corrected chi connectivity index (χ4v) is 1.62. The predicted octanol–water partition coefficient (Wildman–Crippen LogP) is 2.78. The van der Waals surface area contributed by atoms with Gasteiger partial charge in [0.2, 0.25) is 0 Å². The van der Waals surface area contributed by atoms with Gasteiger partial charge in [0.25, 0.3) is 0 Å². The van der Waals surface area contributed by atoms with Crippen molar-refractivity contribution in [3.8, 4) is 5.75 Å². The second-order valence-electron chi connectivity index (χ2n) is 3.62. The number of carbonyl (C=O) groups is 1. The maximum Gasteiger partial charge on any atom is 0.153 e. The van der Waals surface area contributed by atoms with E-state index in [0.717, 1.165) is 6.29 Å². The first-order valence-corrected chi connectivity index (χ1v) is 5.07. The van der Waals surface area contributed by atoms with Crippen LogP contribution in [0.5, 0.6) is 5.75 Å². The van der Waals surface area contributed by atoms with Gasteiger partial charge in [0.05, 0.1) is 12.2 Å². The van der Waals surface area contributed by atoms with Gasteiger partial charge in [0.1, 0.15) is 5.75 Å².